The Morgan fingerprint density at radius 2 is 2.03 bits per heavy atom. The quantitative estimate of drug-likeness (QED) is 0.485. The standard InChI is InChI=1S/C25H28ClN5O5/c1-13-7-17-19(28-13)8-16-15-9-21(18(26)10-20(15)30-23(16)32)35-5-6-36-22(12-31(2)25(17)34)24(33)29-14-3-4-27-11-14/h7-10,14,22,27-28H,3-6,11-12H2,1-2H3,(H,29,33)(H,30,32)/b16-8-/t14-,22-/m1/s1. The number of aryl methyl sites for hydroxylation is 1. The molecule has 1 saturated heterocycles. The predicted octanol–water partition coefficient (Wildman–Crippen LogP) is 1.80. The van der Waals surface area contributed by atoms with Crippen molar-refractivity contribution in [3.63, 3.8) is 0 Å². The fourth-order valence-corrected chi connectivity index (χ4v) is 4.87. The number of H-pyrrole nitrogens is 1. The first-order valence-electron chi connectivity index (χ1n) is 11.9. The molecule has 2 bridgehead atoms. The van der Waals surface area contributed by atoms with E-state index in [9.17, 15) is 14.4 Å². The molecule has 190 valence electrons. The Morgan fingerprint density at radius 3 is 2.81 bits per heavy atom. The van der Waals surface area contributed by atoms with E-state index < -0.39 is 6.10 Å². The van der Waals surface area contributed by atoms with Crippen molar-refractivity contribution in [1.82, 2.24) is 20.5 Å². The number of hydrogen-bond donors (Lipinski definition) is 4. The van der Waals surface area contributed by atoms with E-state index in [4.69, 9.17) is 21.1 Å². The van der Waals surface area contributed by atoms with Gasteiger partial charge in [-0.2, -0.15) is 0 Å². The van der Waals surface area contributed by atoms with Crippen LogP contribution in [-0.4, -0.2) is 79.6 Å². The molecule has 3 aliphatic heterocycles. The first kappa shape index (κ1) is 24.4. The maximum absolute atomic E-state index is 13.4. The minimum absolute atomic E-state index is 0.0184. The molecule has 0 spiro atoms. The number of halogens is 1. The van der Waals surface area contributed by atoms with Gasteiger partial charge in [0.15, 0.2) is 6.10 Å². The molecule has 4 heterocycles. The summed E-state index contributed by atoms with van der Waals surface area (Å²) >= 11 is 6.39. The average molecular weight is 514 g/mol. The molecule has 2 atom stereocenters. The Hall–Kier alpha value is -3.34. The van der Waals surface area contributed by atoms with E-state index in [1.807, 2.05) is 6.92 Å². The largest absolute Gasteiger partial charge is 0.490 e. The number of carbonyl (C=O) groups excluding carboxylic acids is 3. The minimum atomic E-state index is -0.888. The molecule has 0 aliphatic carbocycles. The third-order valence-electron chi connectivity index (χ3n) is 6.50. The van der Waals surface area contributed by atoms with Crippen molar-refractivity contribution < 1.29 is 23.9 Å². The van der Waals surface area contributed by atoms with Crippen LogP contribution in [0.5, 0.6) is 5.75 Å². The number of aromatic amines is 1. The van der Waals surface area contributed by atoms with Crippen molar-refractivity contribution in [2.45, 2.75) is 25.5 Å². The summed E-state index contributed by atoms with van der Waals surface area (Å²) in [5.41, 5.74) is 3.22. The number of likely N-dealkylation sites (N-methyl/N-ethyl adjacent to an activating group) is 1. The number of rotatable bonds is 2. The molecule has 36 heavy (non-hydrogen) atoms. The van der Waals surface area contributed by atoms with E-state index in [-0.39, 0.29) is 43.5 Å². The molecule has 4 N–H and O–H groups in total. The Bertz CT molecular complexity index is 1250. The van der Waals surface area contributed by atoms with Crippen LogP contribution in [0.4, 0.5) is 5.69 Å². The van der Waals surface area contributed by atoms with E-state index >= 15 is 0 Å². The number of aromatic nitrogens is 1. The highest BCUT2D eigenvalue weighted by atomic mass is 35.5. The Kier molecular flexibility index (Phi) is 6.74. The summed E-state index contributed by atoms with van der Waals surface area (Å²) in [4.78, 5) is 43.9. The summed E-state index contributed by atoms with van der Waals surface area (Å²) in [6.45, 7) is 3.65. The zero-order valence-electron chi connectivity index (χ0n) is 20.1. The van der Waals surface area contributed by atoms with Gasteiger partial charge in [-0.1, -0.05) is 11.6 Å². The van der Waals surface area contributed by atoms with E-state index in [1.54, 1.807) is 31.3 Å². The second kappa shape index (κ2) is 9.96. The summed E-state index contributed by atoms with van der Waals surface area (Å²) < 4.78 is 11.8. The summed E-state index contributed by atoms with van der Waals surface area (Å²) in [7, 11) is 1.63. The number of benzene rings is 1. The lowest BCUT2D eigenvalue weighted by molar-refractivity contribution is -0.134. The number of fused-ring (bicyclic) bond motifs is 2. The number of carbonyl (C=O) groups is 3. The van der Waals surface area contributed by atoms with E-state index in [0.717, 1.165) is 18.7 Å². The van der Waals surface area contributed by atoms with Gasteiger partial charge in [0.05, 0.1) is 40.7 Å². The van der Waals surface area contributed by atoms with Crippen molar-refractivity contribution in [3.8, 4) is 5.75 Å². The van der Waals surface area contributed by atoms with Gasteiger partial charge in [0, 0.05) is 30.9 Å². The molecule has 5 rings (SSSR count). The highest BCUT2D eigenvalue weighted by Crippen LogP contribution is 2.40. The lowest BCUT2D eigenvalue weighted by Crippen LogP contribution is -2.48. The second-order valence-corrected chi connectivity index (χ2v) is 9.62. The van der Waals surface area contributed by atoms with Gasteiger partial charge in [-0.25, -0.2) is 0 Å². The monoisotopic (exact) mass is 513 g/mol. The highest BCUT2D eigenvalue weighted by molar-refractivity contribution is 6.37. The Labute approximate surface area is 213 Å². The van der Waals surface area contributed by atoms with E-state index in [1.165, 1.54) is 4.90 Å². The Morgan fingerprint density at radius 1 is 1.19 bits per heavy atom. The number of amides is 3. The fraction of sp³-hybridized carbons (Fsp3) is 0.400. The molecule has 3 aliphatic rings. The summed E-state index contributed by atoms with van der Waals surface area (Å²) in [6, 6.07) is 5.08. The van der Waals surface area contributed by atoms with Crippen LogP contribution in [0.2, 0.25) is 5.02 Å². The number of nitrogens with zero attached hydrogens (tertiary/aromatic N) is 1. The van der Waals surface area contributed by atoms with Crippen molar-refractivity contribution in [3.05, 3.63) is 45.7 Å². The first-order valence-corrected chi connectivity index (χ1v) is 12.3. The molecular weight excluding hydrogens is 486 g/mol. The molecule has 3 amide bonds. The third kappa shape index (κ3) is 4.84. The van der Waals surface area contributed by atoms with E-state index in [2.05, 4.69) is 20.9 Å². The molecule has 1 fully saturated rings. The van der Waals surface area contributed by atoms with Crippen LogP contribution in [0.1, 0.15) is 33.7 Å². The van der Waals surface area contributed by atoms with Gasteiger partial charge in [0.1, 0.15) is 12.4 Å². The van der Waals surface area contributed by atoms with Crippen LogP contribution < -0.4 is 20.7 Å². The zero-order valence-corrected chi connectivity index (χ0v) is 20.8. The lowest BCUT2D eigenvalue weighted by atomic mass is 10.0. The van der Waals surface area contributed by atoms with Crippen LogP contribution >= 0.6 is 11.6 Å². The van der Waals surface area contributed by atoms with Crippen LogP contribution in [0.25, 0.3) is 11.6 Å². The van der Waals surface area contributed by atoms with Crippen LogP contribution in [-0.2, 0) is 14.3 Å². The van der Waals surface area contributed by atoms with E-state index in [0.29, 0.717) is 45.4 Å². The maximum atomic E-state index is 13.4. The van der Waals surface area contributed by atoms with Crippen LogP contribution in [0, 0.1) is 6.92 Å². The van der Waals surface area contributed by atoms with Crippen molar-refractivity contribution in [2.75, 3.05) is 45.2 Å². The topological polar surface area (TPSA) is 125 Å². The highest BCUT2D eigenvalue weighted by Gasteiger charge is 2.30. The summed E-state index contributed by atoms with van der Waals surface area (Å²) in [5, 5.41) is 9.37. The molecule has 0 radical (unpaired) electrons. The molecular formula is C25H28ClN5O5. The van der Waals surface area contributed by atoms with Gasteiger partial charge in [0.25, 0.3) is 17.7 Å². The fourth-order valence-electron chi connectivity index (χ4n) is 4.65. The first-order chi connectivity index (χ1) is 17.3. The van der Waals surface area contributed by atoms with Gasteiger partial charge in [-0.05, 0) is 44.2 Å². The van der Waals surface area contributed by atoms with Crippen molar-refractivity contribution >= 4 is 46.7 Å². The smallest absolute Gasteiger partial charge is 0.256 e. The third-order valence-corrected chi connectivity index (χ3v) is 6.80. The van der Waals surface area contributed by atoms with Crippen LogP contribution in [0.3, 0.4) is 0 Å². The Balaban J connectivity index is 1.51. The molecule has 2 aromatic rings. The molecule has 10 nitrogen and oxygen atoms in total. The van der Waals surface area contributed by atoms with Crippen molar-refractivity contribution in [1.29, 1.82) is 0 Å². The second-order valence-electron chi connectivity index (χ2n) is 9.21. The molecule has 1 aromatic carbocycles. The molecule has 11 heteroatoms. The number of anilines is 1. The summed E-state index contributed by atoms with van der Waals surface area (Å²) in [6.07, 6.45) is 1.60. The molecule has 1 aromatic heterocycles. The molecule has 0 unspecified atom stereocenters. The predicted molar refractivity (Wildman–Crippen MR) is 135 cm³/mol. The van der Waals surface area contributed by atoms with Gasteiger partial charge in [0.2, 0.25) is 0 Å². The number of nitrogens with one attached hydrogen (secondary N) is 4. The van der Waals surface area contributed by atoms with Gasteiger partial charge >= 0.3 is 0 Å². The normalized spacial score (nSPS) is 23.6. The number of ether oxygens (including phenoxy) is 2. The minimum Gasteiger partial charge on any atom is -0.490 e. The zero-order chi connectivity index (χ0) is 25.4. The summed E-state index contributed by atoms with van der Waals surface area (Å²) in [5.74, 6) is -0.485. The molecule has 0 saturated carbocycles. The number of hydrogen-bond acceptors (Lipinski definition) is 6. The SMILES string of the molecule is Cc1cc2c([nH]1)/C=C1\C(=O)Nc3cc(Cl)c(cc31)OCCO[C@@H](C(=O)N[C@@H]1CCNC1)CN(C)C2=O. The van der Waals surface area contributed by atoms with Gasteiger partial charge < -0.3 is 35.3 Å². The maximum Gasteiger partial charge on any atom is 0.256 e. The van der Waals surface area contributed by atoms with Crippen LogP contribution in [0.15, 0.2) is 18.2 Å². The van der Waals surface area contributed by atoms with Gasteiger partial charge in [-0.15, -0.1) is 0 Å². The van der Waals surface area contributed by atoms with Gasteiger partial charge in [-0.3, -0.25) is 14.4 Å². The average Bonchev–Trinajstić information content (AvgIpc) is 3.55. The van der Waals surface area contributed by atoms with Crippen molar-refractivity contribution in [2.24, 2.45) is 0 Å². The lowest BCUT2D eigenvalue weighted by Gasteiger charge is -2.25.